The lowest BCUT2D eigenvalue weighted by molar-refractivity contribution is 0.254. The highest BCUT2D eigenvalue weighted by Crippen LogP contribution is 2.16. The maximum Gasteiger partial charge on any atom is 0.143 e. The Morgan fingerprint density at radius 3 is 2.42 bits per heavy atom. The summed E-state index contributed by atoms with van der Waals surface area (Å²) in [6.45, 7) is 2.90. The van der Waals surface area contributed by atoms with Gasteiger partial charge in [-0.1, -0.05) is 51.9 Å². The van der Waals surface area contributed by atoms with Crippen molar-refractivity contribution < 1.29 is 9.84 Å². The largest absolute Gasteiger partial charge is 0.492 e. The third kappa shape index (κ3) is 7.16. The summed E-state index contributed by atoms with van der Waals surface area (Å²) in [5.41, 5.74) is 0.627. The third-order valence-electron chi connectivity index (χ3n) is 3.25. The van der Waals surface area contributed by atoms with E-state index in [1.165, 1.54) is 44.9 Å². The number of hydrogen-bond donors (Lipinski definition) is 1. The predicted octanol–water partition coefficient (Wildman–Crippen LogP) is 4.09. The Morgan fingerprint density at radius 1 is 1.05 bits per heavy atom. The number of pyridine rings is 1. The minimum Gasteiger partial charge on any atom is -0.492 e. The summed E-state index contributed by atoms with van der Waals surface area (Å²) in [5, 5.41) is 9.12. The van der Waals surface area contributed by atoms with Crippen molar-refractivity contribution >= 4 is 0 Å². The van der Waals surface area contributed by atoms with Crippen molar-refractivity contribution in [2.45, 2.75) is 64.9 Å². The van der Waals surface area contributed by atoms with Crippen molar-refractivity contribution in [1.82, 2.24) is 4.98 Å². The lowest BCUT2D eigenvalue weighted by Gasteiger charge is -2.08. The van der Waals surface area contributed by atoms with Crippen LogP contribution in [0.1, 0.15) is 64.0 Å². The molecule has 0 unspecified atom stereocenters. The van der Waals surface area contributed by atoms with E-state index in [9.17, 15) is 0 Å². The molecule has 0 saturated carbocycles. The van der Waals surface area contributed by atoms with Crippen LogP contribution in [0.25, 0.3) is 0 Å². The molecule has 0 atom stereocenters. The molecule has 0 spiro atoms. The first kappa shape index (κ1) is 16.0. The monoisotopic (exact) mass is 265 g/mol. The van der Waals surface area contributed by atoms with Crippen LogP contribution in [0.15, 0.2) is 18.3 Å². The van der Waals surface area contributed by atoms with Crippen LogP contribution in [0.4, 0.5) is 0 Å². The Balaban J connectivity index is 2.01. The maximum atomic E-state index is 9.12. The zero-order valence-corrected chi connectivity index (χ0v) is 12.1. The molecule has 1 heterocycles. The lowest BCUT2D eigenvalue weighted by Crippen LogP contribution is -2.01. The number of ether oxygens (including phenoxy) is 1. The zero-order valence-electron chi connectivity index (χ0n) is 12.1. The molecule has 1 N–H and O–H groups in total. The van der Waals surface area contributed by atoms with Gasteiger partial charge in [-0.15, -0.1) is 0 Å². The quantitative estimate of drug-likeness (QED) is 0.613. The van der Waals surface area contributed by atoms with Crippen molar-refractivity contribution in [2.75, 3.05) is 6.61 Å². The van der Waals surface area contributed by atoms with Gasteiger partial charge < -0.3 is 9.84 Å². The summed E-state index contributed by atoms with van der Waals surface area (Å²) in [4.78, 5) is 4.08. The second kappa shape index (κ2) is 10.8. The minimum absolute atomic E-state index is 0.0619. The van der Waals surface area contributed by atoms with Crippen LogP contribution in [0.5, 0.6) is 5.75 Å². The van der Waals surface area contributed by atoms with Crippen LogP contribution in [0.2, 0.25) is 0 Å². The van der Waals surface area contributed by atoms with Gasteiger partial charge in [0.2, 0.25) is 0 Å². The Kier molecular flexibility index (Phi) is 9.07. The third-order valence-corrected chi connectivity index (χ3v) is 3.25. The van der Waals surface area contributed by atoms with Crippen molar-refractivity contribution in [3.8, 4) is 5.75 Å². The molecule has 0 bridgehead atoms. The van der Waals surface area contributed by atoms with E-state index >= 15 is 0 Å². The fraction of sp³-hybridized carbons (Fsp3) is 0.688. The summed E-state index contributed by atoms with van der Waals surface area (Å²) in [6, 6.07) is 3.70. The van der Waals surface area contributed by atoms with Crippen LogP contribution in [-0.2, 0) is 6.61 Å². The van der Waals surface area contributed by atoms with Gasteiger partial charge in [0.1, 0.15) is 11.4 Å². The van der Waals surface area contributed by atoms with Gasteiger partial charge in [0.05, 0.1) is 13.2 Å². The number of aliphatic hydroxyl groups excluding tert-OH is 1. The second-order valence-corrected chi connectivity index (χ2v) is 4.93. The molecule has 1 aromatic rings. The Bertz CT molecular complexity index is 328. The number of nitrogens with zero attached hydrogens (tertiary/aromatic N) is 1. The van der Waals surface area contributed by atoms with E-state index in [0.717, 1.165) is 6.42 Å². The van der Waals surface area contributed by atoms with Crippen LogP contribution >= 0.6 is 0 Å². The molecule has 0 aliphatic carbocycles. The molecule has 0 aliphatic heterocycles. The van der Waals surface area contributed by atoms with Crippen molar-refractivity contribution in [3.63, 3.8) is 0 Å². The minimum atomic E-state index is -0.0619. The average Bonchev–Trinajstić information content (AvgIpc) is 2.46. The highest BCUT2D eigenvalue weighted by molar-refractivity contribution is 5.25. The lowest BCUT2D eigenvalue weighted by atomic mass is 10.1. The van der Waals surface area contributed by atoms with E-state index in [1.54, 1.807) is 6.20 Å². The molecule has 108 valence electrons. The fourth-order valence-electron chi connectivity index (χ4n) is 2.09. The average molecular weight is 265 g/mol. The normalized spacial score (nSPS) is 10.6. The molecular formula is C16H27NO2. The molecule has 3 nitrogen and oxygen atoms in total. The number of unbranched alkanes of at least 4 members (excludes halogenated alkanes) is 7. The summed E-state index contributed by atoms with van der Waals surface area (Å²) in [7, 11) is 0. The molecule has 1 rings (SSSR count). The second-order valence-electron chi connectivity index (χ2n) is 4.93. The van der Waals surface area contributed by atoms with Gasteiger partial charge >= 0.3 is 0 Å². The molecule has 0 fully saturated rings. The van der Waals surface area contributed by atoms with E-state index in [-0.39, 0.29) is 6.61 Å². The van der Waals surface area contributed by atoms with Crippen molar-refractivity contribution in [3.05, 3.63) is 24.0 Å². The molecule has 0 saturated heterocycles. The predicted molar refractivity (Wildman–Crippen MR) is 78.3 cm³/mol. The smallest absolute Gasteiger partial charge is 0.143 e. The number of aliphatic hydroxyl groups is 1. The van der Waals surface area contributed by atoms with Gasteiger partial charge in [-0.3, -0.25) is 4.98 Å². The summed E-state index contributed by atoms with van der Waals surface area (Å²) < 4.78 is 5.65. The standard InChI is InChI=1S/C16H27NO2/c1-2-3-4-5-6-7-8-9-13-19-16-11-10-12-17-15(16)14-18/h10-12,18H,2-9,13-14H2,1H3. The topological polar surface area (TPSA) is 42.4 Å². The van der Waals surface area contributed by atoms with Crippen LogP contribution in [-0.4, -0.2) is 16.7 Å². The van der Waals surface area contributed by atoms with Crippen molar-refractivity contribution in [1.29, 1.82) is 0 Å². The highest BCUT2D eigenvalue weighted by Gasteiger charge is 2.02. The molecule has 3 heteroatoms. The molecular weight excluding hydrogens is 238 g/mol. The van der Waals surface area contributed by atoms with Gasteiger partial charge in [0.15, 0.2) is 0 Å². The van der Waals surface area contributed by atoms with Gasteiger partial charge in [0, 0.05) is 6.20 Å². The van der Waals surface area contributed by atoms with Gasteiger partial charge in [-0.2, -0.15) is 0 Å². The van der Waals surface area contributed by atoms with E-state index in [0.29, 0.717) is 18.1 Å². The van der Waals surface area contributed by atoms with Crippen molar-refractivity contribution in [2.24, 2.45) is 0 Å². The molecule has 1 aromatic heterocycles. The van der Waals surface area contributed by atoms with E-state index in [2.05, 4.69) is 11.9 Å². The zero-order chi connectivity index (χ0) is 13.8. The van der Waals surface area contributed by atoms with E-state index < -0.39 is 0 Å². The Labute approximate surface area is 117 Å². The fourth-order valence-corrected chi connectivity index (χ4v) is 2.09. The van der Waals surface area contributed by atoms with Gasteiger partial charge in [-0.05, 0) is 18.6 Å². The maximum absolute atomic E-state index is 9.12. The Morgan fingerprint density at radius 2 is 1.74 bits per heavy atom. The van der Waals surface area contributed by atoms with Crippen LogP contribution < -0.4 is 4.74 Å². The number of aromatic nitrogens is 1. The van der Waals surface area contributed by atoms with Crippen LogP contribution in [0, 0.1) is 0 Å². The molecule has 0 amide bonds. The molecule has 0 radical (unpaired) electrons. The molecule has 0 aromatic carbocycles. The first-order valence-electron chi connectivity index (χ1n) is 7.56. The summed E-state index contributed by atoms with van der Waals surface area (Å²) in [6.07, 6.45) is 12.0. The van der Waals surface area contributed by atoms with E-state index in [4.69, 9.17) is 9.84 Å². The van der Waals surface area contributed by atoms with Gasteiger partial charge in [-0.25, -0.2) is 0 Å². The summed E-state index contributed by atoms with van der Waals surface area (Å²) in [5.74, 6) is 0.716. The first-order valence-corrected chi connectivity index (χ1v) is 7.56. The Hall–Kier alpha value is -1.09. The molecule has 0 aliphatic rings. The first-order chi connectivity index (χ1) is 9.38. The molecule has 19 heavy (non-hydrogen) atoms. The van der Waals surface area contributed by atoms with Gasteiger partial charge in [0.25, 0.3) is 0 Å². The number of hydrogen-bond acceptors (Lipinski definition) is 3. The number of rotatable bonds is 11. The highest BCUT2D eigenvalue weighted by atomic mass is 16.5. The summed E-state index contributed by atoms with van der Waals surface area (Å²) >= 11 is 0. The SMILES string of the molecule is CCCCCCCCCCOc1cccnc1CO. The van der Waals surface area contributed by atoms with Crippen LogP contribution in [0.3, 0.4) is 0 Å². The van der Waals surface area contributed by atoms with E-state index in [1.807, 2.05) is 12.1 Å².